The number of fused-ring (bicyclic) bond motifs is 2. The molecule has 0 aliphatic carbocycles. The molecule has 2 N–H and O–H groups in total. The van der Waals surface area contributed by atoms with E-state index in [2.05, 4.69) is 52.1 Å². The summed E-state index contributed by atoms with van der Waals surface area (Å²) in [5, 5.41) is 0. The molecule has 0 spiro atoms. The third-order valence-electron chi connectivity index (χ3n) is 5.10. The molecule has 2 aliphatic heterocycles. The number of hydrogen-bond acceptors (Lipinski definition) is 2. The predicted octanol–water partition coefficient (Wildman–Crippen LogP) is 3.19. The molecule has 0 aromatic heterocycles. The van der Waals surface area contributed by atoms with Crippen molar-refractivity contribution in [2.75, 3.05) is 7.05 Å². The number of halogens is 1. The van der Waals surface area contributed by atoms with Gasteiger partial charge < -0.3 is 10.6 Å². The van der Waals surface area contributed by atoms with Crippen LogP contribution in [0.1, 0.15) is 31.2 Å². The van der Waals surface area contributed by atoms with E-state index in [-0.39, 0.29) is 0 Å². The first-order chi connectivity index (χ1) is 9.13. The maximum absolute atomic E-state index is 6.49. The van der Waals surface area contributed by atoms with E-state index in [4.69, 9.17) is 5.73 Å². The highest BCUT2D eigenvalue weighted by Crippen LogP contribution is 2.38. The summed E-state index contributed by atoms with van der Waals surface area (Å²) < 4.78 is 1.15. The Kier molecular flexibility index (Phi) is 3.97. The van der Waals surface area contributed by atoms with Crippen LogP contribution in [-0.4, -0.2) is 30.1 Å². The second-order valence-corrected chi connectivity index (χ2v) is 7.20. The minimum Gasteiger partial charge on any atom is -0.327 e. The van der Waals surface area contributed by atoms with E-state index in [9.17, 15) is 0 Å². The first-order valence-electron chi connectivity index (χ1n) is 7.35. The van der Waals surface area contributed by atoms with Crippen molar-refractivity contribution in [1.82, 2.24) is 4.90 Å². The van der Waals surface area contributed by atoms with Crippen LogP contribution in [0.25, 0.3) is 0 Å². The smallest absolute Gasteiger partial charge is 0.0178 e. The number of nitrogens with zero attached hydrogens (tertiary/aromatic N) is 1. The third kappa shape index (κ3) is 2.88. The Hall–Kier alpha value is -0.380. The van der Waals surface area contributed by atoms with Gasteiger partial charge >= 0.3 is 0 Å². The normalized spacial score (nSPS) is 32.5. The molecule has 1 aromatic rings. The van der Waals surface area contributed by atoms with Gasteiger partial charge in [-0.2, -0.15) is 0 Å². The zero-order valence-corrected chi connectivity index (χ0v) is 13.1. The van der Waals surface area contributed by atoms with Crippen LogP contribution in [0.15, 0.2) is 28.7 Å². The molecular formula is C16H23BrN2. The Labute approximate surface area is 124 Å². The maximum Gasteiger partial charge on any atom is 0.0178 e. The fraction of sp³-hybridized carbons (Fsp3) is 0.625. The summed E-state index contributed by atoms with van der Waals surface area (Å²) in [7, 11) is 2.29. The molecule has 3 rings (SSSR count). The third-order valence-corrected chi connectivity index (χ3v) is 5.59. The number of nitrogens with two attached hydrogens (primary N) is 1. The van der Waals surface area contributed by atoms with Gasteiger partial charge in [0, 0.05) is 22.6 Å². The van der Waals surface area contributed by atoms with Crippen molar-refractivity contribution in [2.45, 2.75) is 50.2 Å². The molecule has 2 nitrogen and oxygen atoms in total. The molecule has 3 unspecified atom stereocenters. The summed E-state index contributed by atoms with van der Waals surface area (Å²) in [6.45, 7) is 0. The second-order valence-electron chi connectivity index (χ2n) is 6.28. The van der Waals surface area contributed by atoms with Crippen LogP contribution in [0.5, 0.6) is 0 Å². The molecule has 3 atom stereocenters. The molecule has 3 heteroatoms. The van der Waals surface area contributed by atoms with Crippen molar-refractivity contribution in [3.63, 3.8) is 0 Å². The van der Waals surface area contributed by atoms with Gasteiger partial charge in [0.1, 0.15) is 0 Å². The first-order valence-corrected chi connectivity index (χ1v) is 8.14. The lowest BCUT2D eigenvalue weighted by Gasteiger charge is -2.38. The molecule has 2 saturated heterocycles. The summed E-state index contributed by atoms with van der Waals surface area (Å²) in [6.07, 6.45) is 6.35. The van der Waals surface area contributed by atoms with Crippen molar-refractivity contribution in [2.24, 2.45) is 11.7 Å². The van der Waals surface area contributed by atoms with E-state index in [0.29, 0.717) is 12.0 Å². The molecule has 1 aromatic carbocycles. The van der Waals surface area contributed by atoms with Crippen molar-refractivity contribution in [3.8, 4) is 0 Å². The maximum atomic E-state index is 6.49. The van der Waals surface area contributed by atoms with Crippen LogP contribution < -0.4 is 5.73 Å². The summed E-state index contributed by atoms with van der Waals surface area (Å²) in [4.78, 5) is 2.59. The average molecular weight is 323 g/mol. The predicted molar refractivity (Wildman–Crippen MR) is 83.1 cm³/mol. The fourth-order valence-electron chi connectivity index (χ4n) is 3.91. The quantitative estimate of drug-likeness (QED) is 0.926. The largest absolute Gasteiger partial charge is 0.327 e. The minimum atomic E-state index is 0.311. The molecule has 19 heavy (non-hydrogen) atoms. The Morgan fingerprint density at radius 3 is 2.63 bits per heavy atom. The number of hydrogen-bond donors (Lipinski definition) is 1. The molecule has 2 fully saturated rings. The summed E-state index contributed by atoms with van der Waals surface area (Å²) in [6, 6.07) is 10.5. The topological polar surface area (TPSA) is 29.3 Å². The molecule has 2 heterocycles. The van der Waals surface area contributed by atoms with E-state index >= 15 is 0 Å². The van der Waals surface area contributed by atoms with Gasteiger partial charge in [-0.05, 0) is 62.8 Å². The SMILES string of the molecule is CN1C2CCC1CC(C(N)Cc1cccc(Br)c1)C2. The lowest BCUT2D eigenvalue weighted by Crippen LogP contribution is -2.46. The monoisotopic (exact) mass is 322 g/mol. The molecule has 104 valence electrons. The van der Waals surface area contributed by atoms with Gasteiger partial charge in [0.15, 0.2) is 0 Å². The van der Waals surface area contributed by atoms with Crippen LogP contribution in [-0.2, 0) is 6.42 Å². The van der Waals surface area contributed by atoms with Crippen LogP contribution in [0, 0.1) is 5.92 Å². The Bertz CT molecular complexity index is 434. The van der Waals surface area contributed by atoms with Gasteiger partial charge in [-0.3, -0.25) is 0 Å². The molecule has 2 bridgehead atoms. The Morgan fingerprint density at radius 1 is 1.32 bits per heavy atom. The van der Waals surface area contributed by atoms with Gasteiger partial charge in [-0.25, -0.2) is 0 Å². The first kappa shape index (κ1) is 13.6. The molecule has 2 aliphatic rings. The Morgan fingerprint density at radius 2 is 2.00 bits per heavy atom. The number of piperidine rings is 1. The van der Waals surface area contributed by atoms with E-state index in [0.717, 1.165) is 23.0 Å². The fourth-order valence-corrected chi connectivity index (χ4v) is 4.35. The van der Waals surface area contributed by atoms with Crippen LogP contribution in [0.2, 0.25) is 0 Å². The van der Waals surface area contributed by atoms with Crippen molar-refractivity contribution in [1.29, 1.82) is 0 Å². The lowest BCUT2D eigenvalue weighted by atomic mass is 9.83. The van der Waals surface area contributed by atoms with Gasteiger partial charge in [0.05, 0.1) is 0 Å². The highest BCUT2D eigenvalue weighted by Gasteiger charge is 2.40. The highest BCUT2D eigenvalue weighted by molar-refractivity contribution is 9.10. The molecule has 0 radical (unpaired) electrons. The van der Waals surface area contributed by atoms with E-state index < -0.39 is 0 Å². The zero-order valence-electron chi connectivity index (χ0n) is 11.6. The molecule has 0 amide bonds. The van der Waals surface area contributed by atoms with E-state index in [1.165, 1.54) is 31.2 Å². The van der Waals surface area contributed by atoms with Crippen molar-refractivity contribution in [3.05, 3.63) is 34.3 Å². The lowest BCUT2D eigenvalue weighted by molar-refractivity contribution is 0.120. The van der Waals surface area contributed by atoms with Gasteiger partial charge in [-0.15, -0.1) is 0 Å². The number of rotatable bonds is 3. The minimum absolute atomic E-state index is 0.311. The van der Waals surface area contributed by atoms with E-state index in [1.54, 1.807) is 0 Å². The van der Waals surface area contributed by atoms with Gasteiger partial charge in [0.25, 0.3) is 0 Å². The standard InChI is InChI=1S/C16H23BrN2/c1-19-14-5-6-15(19)10-12(9-14)16(18)8-11-3-2-4-13(17)7-11/h2-4,7,12,14-16H,5-6,8-10,18H2,1H3. The van der Waals surface area contributed by atoms with Crippen LogP contribution in [0.4, 0.5) is 0 Å². The summed E-state index contributed by atoms with van der Waals surface area (Å²) in [5.74, 6) is 0.702. The van der Waals surface area contributed by atoms with Crippen molar-refractivity contribution >= 4 is 15.9 Å². The average Bonchev–Trinajstić information content (AvgIpc) is 2.62. The van der Waals surface area contributed by atoms with Gasteiger partial charge in [0.2, 0.25) is 0 Å². The zero-order chi connectivity index (χ0) is 13.4. The van der Waals surface area contributed by atoms with Crippen LogP contribution in [0.3, 0.4) is 0 Å². The molecular weight excluding hydrogens is 300 g/mol. The van der Waals surface area contributed by atoms with E-state index in [1.807, 2.05) is 0 Å². The summed E-state index contributed by atoms with van der Waals surface area (Å²) >= 11 is 3.54. The Balaban J connectivity index is 1.64. The van der Waals surface area contributed by atoms with Gasteiger partial charge in [-0.1, -0.05) is 28.1 Å². The van der Waals surface area contributed by atoms with Crippen molar-refractivity contribution < 1.29 is 0 Å². The molecule has 0 saturated carbocycles. The number of benzene rings is 1. The second kappa shape index (κ2) is 5.55. The van der Waals surface area contributed by atoms with Crippen LogP contribution >= 0.6 is 15.9 Å². The summed E-state index contributed by atoms with van der Waals surface area (Å²) in [5.41, 5.74) is 7.85. The highest BCUT2D eigenvalue weighted by atomic mass is 79.9.